The van der Waals surface area contributed by atoms with E-state index in [9.17, 15) is 4.79 Å². The fourth-order valence-corrected chi connectivity index (χ4v) is 2.46. The first-order valence-electron chi connectivity index (χ1n) is 6.16. The van der Waals surface area contributed by atoms with Gasteiger partial charge in [-0.25, -0.2) is 0 Å². The minimum absolute atomic E-state index is 0.537. The molecule has 0 aromatic heterocycles. The van der Waals surface area contributed by atoms with Crippen molar-refractivity contribution in [1.82, 2.24) is 0 Å². The first-order chi connectivity index (χ1) is 8.78. The summed E-state index contributed by atoms with van der Waals surface area (Å²) in [7, 11) is 3.29. The molecule has 1 aliphatic carbocycles. The number of allylic oxidation sites excluding steroid dienone is 2. The zero-order chi connectivity index (χ0) is 13.0. The van der Waals surface area contributed by atoms with Gasteiger partial charge in [-0.2, -0.15) is 0 Å². The van der Waals surface area contributed by atoms with Crippen molar-refractivity contribution in [3.05, 3.63) is 29.3 Å². The van der Waals surface area contributed by atoms with Crippen LogP contribution in [0.5, 0.6) is 11.5 Å². The molecule has 18 heavy (non-hydrogen) atoms. The third kappa shape index (κ3) is 2.55. The van der Waals surface area contributed by atoms with E-state index >= 15 is 0 Å². The lowest BCUT2D eigenvalue weighted by Gasteiger charge is -2.10. The highest BCUT2D eigenvalue weighted by atomic mass is 16.5. The molecule has 0 saturated carbocycles. The van der Waals surface area contributed by atoms with Crippen molar-refractivity contribution in [2.45, 2.75) is 25.7 Å². The Kier molecular flexibility index (Phi) is 4.03. The third-order valence-electron chi connectivity index (χ3n) is 3.36. The van der Waals surface area contributed by atoms with Gasteiger partial charge in [-0.1, -0.05) is 5.57 Å². The molecule has 0 unspecified atom stereocenters. The van der Waals surface area contributed by atoms with E-state index in [1.165, 1.54) is 11.1 Å². The van der Waals surface area contributed by atoms with Gasteiger partial charge in [0.2, 0.25) is 0 Å². The Balaban J connectivity index is 2.42. The summed E-state index contributed by atoms with van der Waals surface area (Å²) in [5.74, 6) is 1.57. The summed E-state index contributed by atoms with van der Waals surface area (Å²) in [5.41, 5.74) is 3.64. The largest absolute Gasteiger partial charge is 0.497 e. The normalized spacial score (nSPS) is 14.8. The molecule has 0 N–H and O–H groups in total. The van der Waals surface area contributed by atoms with Crippen LogP contribution >= 0.6 is 0 Å². The summed E-state index contributed by atoms with van der Waals surface area (Å²) in [5, 5.41) is 0. The monoisotopic (exact) mass is 246 g/mol. The molecule has 2 rings (SSSR count). The van der Waals surface area contributed by atoms with Crippen molar-refractivity contribution in [2.75, 3.05) is 14.2 Å². The maximum absolute atomic E-state index is 10.7. The van der Waals surface area contributed by atoms with Crippen molar-refractivity contribution in [1.29, 1.82) is 0 Å². The Hall–Kier alpha value is -1.77. The number of methoxy groups -OCH3 is 2. The maximum atomic E-state index is 10.7. The number of hydrogen-bond acceptors (Lipinski definition) is 3. The SMILES string of the molecule is COc1cc(OC)cc(C2=C(CC=O)CCC2)c1. The average molecular weight is 246 g/mol. The highest BCUT2D eigenvalue weighted by molar-refractivity contribution is 5.75. The number of rotatable bonds is 5. The van der Waals surface area contributed by atoms with Crippen molar-refractivity contribution >= 4 is 11.9 Å². The summed E-state index contributed by atoms with van der Waals surface area (Å²) < 4.78 is 10.6. The van der Waals surface area contributed by atoms with Gasteiger partial charge in [-0.3, -0.25) is 0 Å². The van der Waals surface area contributed by atoms with Gasteiger partial charge in [0.1, 0.15) is 17.8 Å². The van der Waals surface area contributed by atoms with Gasteiger partial charge in [0.15, 0.2) is 0 Å². The summed E-state index contributed by atoms with van der Waals surface area (Å²) in [6, 6.07) is 5.88. The number of carbonyl (C=O) groups is 1. The van der Waals surface area contributed by atoms with E-state index in [4.69, 9.17) is 9.47 Å². The maximum Gasteiger partial charge on any atom is 0.124 e. The Bertz CT molecular complexity index is 452. The third-order valence-corrected chi connectivity index (χ3v) is 3.36. The first-order valence-corrected chi connectivity index (χ1v) is 6.16. The number of hydrogen-bond donors (Lipinski definition) is 0. The zero-order valence-electron chi connectivity index (χ0n) is 10.9. The zero-order valence-corrected chi connectivity index (χ0v) is 10.9. The molecule has 96 valence electrons. The van der Waals surface area contributed by atoms with Crippen molar-refractivity contribution in [3.8, 4) is 11.5 Å². The molecule has 1 aliphatic rings. The first kappa shape index (κ1) is 12.7. The van der Waals surface area contributed by atoms with E-state index in [0.29, 0.717) is 6.42 Å². The van der Waals surface area contributed by atoms with Crippen LogP contribution in [0.4, 0.5) is 0 Å². The van der Waals surface area contributed by atoms with Gasteiger partial charge in [0, 0.05) is 12.5 Å². The van der Waals surface area contributed by atoms with Crippen LogP contribution in [0.25, 0.3) is 5.57 Å². The topological polar surface area (TPSA) is 35.5 Å². The van der Waals surface area contributed by atoms with E-state index in [-0.39, 0.29) is 0 Å². The highest BCUT2D eigenvalue weighted by Crippen LogP contribution is 2.37. The molecule has 1 aromatic carbocycles. The molecule has 0 bridgehead atoms. The van der Waals surface area contributed by atoms with Crippen LogP contribution in [0.1, 0.15) is 31.2 Å². The summed E-state index contributed by atoms with van der Waals surface area (Å²) in [4.78, 5) is 10.7. The molecule has 0 saturated heterocycles. The lowest BCUT2D eigenvalue weighted by atomic mass is 10.00. The molecule has 0 aliphatic heterocycles. The fraction of sp³-hybridized carbons (Fsp3) is 0.400. The average Bonchev–Trinajstić information content (AvgIpc) is 2.87. The Labute approximate surface area is 107 Å². The summed E-state index contributed by atoms with van der Waals surface area (Å²) in [6.45, 7) is 0. The molecule has 0 amide bonds. The van der Waals surface area contributed by atoms with Gasteiger partial charge in [-0.05, 0) is 42.5 Å². The second-order valence-corrected chi connectivity index (χ2v) is 4.41. The standard InChI is InChI=1S/C15H18O3/c1-17-13-8-12(9-14(10-13)18-2)15-5-3-4-11(15)6-7-16/h7-10H,3-6H2,1-2H3. The number of aldehydes is 1. The van der Waals surface area contributed by atoms with Crippen LogP contribution in [-0.4, -0.2) is 20.5 Å². The van der Waals surface area contributed by atoms with Crippen LogP contribution in [0, 0.1) is 0 Å². The molecule has 3 heteroatoms. The number of ether oxygens (including phenoxy) is 2. The molecular weight excluding hydrogens is 228 g/mol. The van der Waals surface area contributed by atoms with Crippen LogP contribution < -0.4 is 9.47 Å². The van der Waals surface area contributed by atoms with Crippen molar-refractivity contribution in [3.63, 3.8) is 0 Å². The number of carbonyl (C=O) groups excluding carboxylic acids is 1. The van der Waals surface area contributed by atoms with Gasteiger partial charge >= 0.3 is 0 Å². The van der Waals surface area contributed by atoms with Gasteiger partial charge in [0.25, 0.3) is 0 Å². The Morgan fingerprint density at radius 1 is 1.11 bits per heavy atom. The van der Waals surface area contributed by atoms with Gasteiger partial charge in [-0.15, -0.1) is 0 Å². The lowest BCUT2D eigenvalue weighted by Crippen LogP contribution is -1.92. The van der Waals surface area contributed by atoms with Crippen LogP contribution in [0.2, 0.25) is 0 Å². The van der Waals surface area contributed by atoms with Crippen molar-refractivity contribution < 1.29 is 14.3 Å². The van der Waals surface area contributed by atoms with E-state index in [1.807, 2.05) is 18.2 Å². The van der Waals surface area contributed by atoms with Crippen LogP contribution in [0.15, 0.2) is 23.8 Å². The molecule has 0 heterocycles. The van der Waals surface area contributed by atoms with E-state index in [0.717, 1.165) is 42.6 Å². The molecule has 0 fully saturated rings. The van der Waals surface area contributed by atoms with E-state index in [1.54, 1.807) is 14.2 Å². The smallest absolute Gasteiger partial charge is 0.124 e. The minimum Gasteiger partial charge on any atom is -0.497 e. The fourth-order valence-electron chi connectivity index (χ4n) is 2.46. The predicted molar refractivity (Wildman–Crippen MR) is 71.0 cm³/mol. The summed E-state index contributed by atoms with van der Waals surface area (Å²) >= 11 is 0. The van der Waals surface area contributed by atoms with E-state index < -0.39 is 0 Å². The highest BCUT2D eigenvalue weighted by Gasteiger charge is 2.17. The minimum atomic E-state index is 0.537. The Morgan fingerprint density at radius 3 is 2.33 bits per heavy atom. The van der Waals surface area contributed by atoms with Crippen LogP contribution in [0.3, 0.4) is 0 Å². The Morgan fingerprint density at radius 2 is 1.78 bits per heavy atom. The predicted octanol–water partition coefficient (Wildman–Crippen LogP) is 3.23. The van der Waals surface area contributed by atoms with E-state index in [2.05, 4.69) is 0 Å². The van der Waals surface area contributed by atoms with Gasteiger partial charge in [0.05, 0.1) is 14.2 Å². The molecular formula is C15H18O3. The van der Waals surface area contributed by atoms with Crippen molar-refractivity contribution in [2.24, 2.45) is 0 Å². The molecule has 0 spiro atoms. The second kappa shape index (κ2) is 5.71. The van der Waals surface area contributed by atoms with Crippen LogP contribution in [-0.2, 0) is 4.79 Å². The summed E-state index contributed by atoms with van der Waals surface area (Å²) in [6.07, 6.45) is 4.69. The van der Waals surface area contributed by atoms with Gasteiger partial charge < -0.3 is 14.3 Å². The molecule has 0 radical (unpaired) electrons. The lowest BCUT2D eigenvalue weighted by molar-refractivity contribution is -0.107. The molecule has 0 atom stereocenters. The quantitative estimate of drug-likeness (QED) is 0.748. The molecule has 1 aromatic rings. The number of benzene rings is 1. The molecule has 3 nitrogen and oxygen atoms in total. The second-order valence-electron chi connectivity index (χ2n) is 4.41.